The van der Waals surface area contributed by atoms with Gasteiger partial charge in [0.15, 0.2) is 28.6 Å². The van der Waals surface area contributed by atoms with Crippen LogP contribution in [0.1, 0.15) is 181 Å². The van der Waals surface area contributed by atoms with Gasteiger partial charge in [-0.05, 0) is 160 Å². The van der Waals surface area contributed by atoms with Crippen LogP contribution in [-0.2, 0) is 31.1 Å². The lowest BCUT2D eigenvalue weighted by molar-refractivity contribution is 0.0197. The lowest BCUT2D eigenvalue weighted by atomic mass is 9.85. The molecule has 0 aliphatic carbocycles. The Bertz CT molecular complexity index is 6270. The fraction of sp³-hybridized carbons (Fsp3) is 0.366. The Hall–Kier alpha value is -10.3. The maximum absolute atomic E-state index is 13.6. The molecule has 2 fully saturated rings. The van der Waals surface area contributed by atoms with Crippen molar-refractivity contribution in [2.75, 3.05) is 55.2 Å². The molecule has 0 unspecified atom stereocenters. The number of carbonyl (C=O) groups excluding carboxylic acids is 5. The Kier molecular flexibility index (Phi) is 38.8. The number of anilines is 3. The first-order valence-electron chi connectivity index (χ1n) is 41.6. The second kappa shape index (κ2) is 47.0. The van der Waals surface area contributed by atoms with E-state index in [-0.39, 0.29) is 125 Å². The Morgan fingerprint density at radius 3 is 1.43 bits per heavy atom. The molecule has 10 N–H and O–H groups in total. The van der Waals surface area contributed by atoms with Gasteiger partial charge in [0.1, 0.15) is 47.9 Å². The summed E-state index contributed by atoms with van der Waals surface area (Å²) in [6.45, 7) is 43.8. The van der Waals surface area contributed by atoms with Crippen molar-refractivity contribution in [2.24, 2.45) is 5.73 Å². The Morgan fingerprint density at radius 1 is 0.515 bits per heavy atom. The van der Waals surface area contributed by atoms with Crippen LogP contribution >= 0.6 is 116 Å². The van der Waals surface area contributed by atoms with Crippen LogP contribution in [0.5, 0.6) is 11.5 Å². The number of nitrogen functional groups attached to an aromatic ring is 1. The molecule has 2 saturated heterocycles. The van der Waals surface area contributed by atoms with E-state index in [9.17, 15) is 42.7 Å². The van der Waals surface area contributed by atoms with Crippen LogP contribution in [0.25, 0.3) is 33.4 Å². The minimum absolute atomic E-state index is 0.0215. The molecule has 1 radical (unpaired) electrons. The quantitative estimate of drug-likeness (QED) is 0.0398. The molecule has 6 aromatic heterocycles. The number of aromatic hydroxyl groups is 1. The van der Waals surface area contributed by atoms with Gasteiger partial charge in [0, 0.05) is 62.7 Å². The van der Waals surface area contributed by atoms with Gasteiger partial charge in [-0.2, -0.15) is 4.98 Å². The lowest BCUT2D eigenvalue weighted by Crippen LogP contribution is -2.55. The first-order valence-corrected chi connectivity index (χ1v) is 45.4. The molecular weight excluding hydrogens is 1930 g/mol. The number of pyridine rings is 4. The number of aromatic nitrogens is 8. The van der Waals surface area contributed by atoms with E-state index in [2.05, 4.69) is 105 Å². The summed E-state index contributed by atoms with van der Waals surface area (Å²) in [4.78, 5) is 126. The number of hydrogen-bond acceptors (Lipinski definition) is 21. The number of fused-ring (bicyclic) bond motifs is 2. The third-order valence-electron chi connectivity index (χ3n) is 19.4. The van der Waals surface area contributed by atoms with E-state index in [1.807, 2.05) is 174 Å². The first-order chi connectivity index (χ1) is 62.1. The van der Waals surface area contributed by atoms with Crippen LogP contribution in [0.3, 0.4) is 0 Å². The van der Waals surface area contributed by atoms with Crippen LogP contribution < -0.4 is 53.9 Å². The predicted octanol–water partition coefficient (Wildman–Crippen LogP) is 21.2. The number of primary amides is 1. The third kappa shape index (κ3) is 30.9. The number of ether oxygens (including phenoxy) is 2. The highest BCUT2D eigenvalue weighted by molar-refractivity contribution is 6.44. The fourth-order valence-electron chi connectivity index (χ4n) is 13.3. The number of nitrogens with two attached hydrogens (primary N) is 2. The summed E-state index contributed by atoms with van der Waals surface area (Å²) in [5.41, 5.74) is 15.2. The summed E-state index contributed by atoms with van der Waals surface area (Å²) >= 11 is 58.8. The molecule has 2 aliphatic heterocycles. The molecule has 29 nitrogen and oxygen atoms in total. The summed E-state index contributed by atoms with van der Waals surface area (Å²) < 4.78 is 30.6. The van der Waals surface area contributed by atoms with Crippen LogP contribution in [0.15, 0.2) is 154 Å². The standard InChI is InChI=1S/C27H33Cl2N5O3.C17H16Cl3N3O2.C17H15Cl2N3O2.C10H20N2O2.C10H15N.C6H5BFO3.C6H3Cl3N2O/c1-16-15-32(25(36)37-27(5,6)7)12-13-33(16)22-17-14-19(28)21(29)30-23(17)34(24(35)31-22)20-11-9-8-10-18(20)26(2,3)4;1-17(2,3)10-6-4-5-7-12(10)21-16(25)23-15(24)9-8-11(18)14(20)22-13(9)19;1-17(2,3)10-6-4-5-7-12(10)22-14-9(15(23)21-16(22)24)8-11(18)13(19)20-14;1-8-7-12(6-5-11-8)9(13)14-10(2,3)4;1-10(2,3)8-6-4-5-7-9(8)11;8-4-2-1-3-5(9)6(4)11-7-10;7-3-1-2(6(10)12)4(8)11-5(3)9/h8-11,14,16H,12-13,15H2,1-7H3;4-8H,1-3H3,(H2,21,23,24,25);4-8H,1-3H3,(H,21,23,24);8,11H,5-7H2,1-4H3;4-7H,11H2,1-3H3;1-3,9-10H;1H,(H2,10,12)/t16-;;;8-;;;/m0..0.../s1. The summed E-state index contributed by atoms with van der Waals surface area (Å²) in [6, 6.07) is 39.4. The van der Waals surface area contributed by atoms with Gasteiger partial charge in [0.05, 0.1) is 53.4 Å². The number of phenolic OH excluding ortho intramolecular Hbond substituents is 1. The molecule has 13 rings (SSSR count). The Morgan fingerprint density at radius 2 is 0.955 bits per heavy atom. The van der Waals surface area contributed by atoms with E-state index < -0.39 is 51.8 Å². The number of nitrogens with zero attached hydrogens (tertiary/aromatic N) is 10. The van der Waals surface area contributed by atoms with E-state index in [1.54, 1.807) is 28.0 Å². The number of hydrogen-bond donors (Lipinski definition) is 8. The SMILES string of the molecule is CC(C)(C)c1ccccc1-n1c(=O)[nH]c(=O)c2cc(Cl)c(Cl)nc21.CC(C)(C)c1ccccc1N.CC(C)(C)c1ccccc1NC(=O)NC(=O)c1cc(Cl)c(Cl)nc1Cl.C[C@H]1CN(C(=O)OC(C)(C)C)CCN1.C[C@H]1CN(C(=O)OC(C)(C)C)CCN1c1nc(=O)n(-c2ccccc2C(C)(C)C)c2nc(Cl)c(Cl)cc12.NC(=O)c1cc(Cl)c(Cl)nc1Cl.O[B]Oc1c(O)cccc1F. The van der Waals surface area contributed by atoms with Crippen molar-refractivity contribution < 1.29 is 52.6 Å². The van der Waals surface area contributed by atoms with Gasteiger partial charge in [-0.1, -0.05) is 278 Å². The molecule has 8 heterocycles. The second-order valence-electron chi connectivity index (χ2n) is 36.6. The van der Waals surface area contributed by atoms with E-state index in [0.29, 0.717) is 67.3 Å². The van der Waals surface area contributed by atoms with Crippen LogP contribution in [-0.4, -0.2) is 159 Å². The zero-order chi connectivity index (χ0) is 101. The number of urea groups is 1. The number of benzene rings is 5. The van der Waals surface area contributed by atoms with Crippen molar-refractivity contribution in [2.45, 2.75) is 183 Å². The number of carbonyl (C=O) groups is 5. The number of nitrogens with one attached hydrogen (secondary N) is 4. The van der Waals surface area contributed by atoms with Crippen molar-refractivity contribution in [1.82, 2.24) is 59.5 Å². The van der Waals surface area contributed by atoms with Crippen molar-refractivity contribution in [3.8, 4) is 22.9 Å². The van der Waals surface area contributed by atoms with Crippen molar-refractivity contribution in [1.29, 1.82) is 0 Å². The highest BCUT2D eigenvalue weighted by atomic mass is 35.5. The average molecular weight is 2040 g/mol. The molecule has 0 saturated carbocycles. The number of H-pyrrole nitrogens is 1. The van der Waals surface area contributed by atoms with Gasteiger partial charge in [-0.25, -0.2) is 57.4 Å². The number of rotatable bonds is 8. The smallest absolute Gasteiger partial charge is 0.533 e. The van der Waals surface area contributed by atoms with Crippen LogP contribution in [0, 0.1) is 5.82 Å². The molecule has 6 amide bonds. The minimum Gasteiger partial charge on any atom is -0.533 e. The summed E-state index contributed by atoms with van der Waals surface area (Å²) in [7, 11) is 0.304. The number of halogens is 11. The molecule has 2 atom stereocenters. The molecule has 2 aliphatic rings. The molecule has 41 heteroatoms. The number of amides is 6. The normalized spacial score (nSPS) is 13.9. The summed E-state index contributed by atoms with van der Waals surface area (Å²) in [6.07, 6.45) is -0.562. The van der Waals surface area contributed by atoms with Crippen molar-refractivity contribution in [3.63, 3.8) is 0 Å². The molecular formula is C93H107BCl10FN16O13. The highest BCUT2D eigenvalue weighted by Crippen LogP contribution is 2.38. The predicted molar refractivity (Wildman–Crippen MR) is 535 cm³/mol. The maximum Gasteiger partial charge on any atom is 0.569 e. The fourth-order valence-corrected chi connectivity index (χ4v) is 15.0. The van der Waals surface area contributed by atoms with E-state index in [1.165, 1.54) is 45.0 Å². The lowest BCUT2D eigenvalue weighted by Gasteiger charge is -2.41. The zero-order valence-corrected chi connectivity index (χ0v) is 85.0. The van der Waals surface area contributed by atoms with Crippen molar-refractivity contribution >= 4 is 193 Å². The van der Waals surface area contributed by atoms with E-state index in [4.69, 9.17) is 147 Å². The summed E-state index contributed by atoms with van der Waals surface area (Å²) in [5.74, 6) is -2.42. The molecule has 0 spiro atoms. The van der Waals surface area contributed by atoms with E-state index >= 15 is 0 Å². The van der Waals surface area contributed by atoms with Gasteiger partial charge in [-0.3, -0.25) is 24.7 Å². The van der Waals surface area contributed by atoms with Crippen LogP contribution in [0.4, 0.5) is 36.0 Å². The van der Waals surface area contributed by atoms with Gasteiger partial charge in [0.2, 0.25) is 0 Å². The molecule has 11 aromatic rings. The molecule has 0 bridgehead atoms. The number of phenols is 1. The molecule has 717 valence electrons. The Labute approximate surface area is 827 Å². The maximum atomic E-state index is 13.6. The first kappa shape index (κ1) is 111. The van der Waals surface area contributed by atoms with Gasteiger partial charge in [-0.15, -0.1) is 0 Å². The average Bonchev–Trinajstić information content (AvgIpc) is 0.739. The number of para-hydroxylation sites is 5. The van der Waals surface area contributed by atoms with Gasteiger partial charge < -0.3 is 61.1 Å². The van der Waals surface area contributed by atoms with Crippen molar-refractivity contribution in [3.05, 3.63) is 261 Å². The van der Waals surface area contributed by atoms with E-state index in [0.717, 1.165) is 48.1 Å². The summed E-state index contributed by atoms with van der Waals surface area (Å²) in [5, 5.41) is 26.6. The Balaban J connectivity index is 0.000000224. The minimum atomic E-state index is -0.734. The second-order valence-corrected chi connectivity index (χ2v) is 40.4. The topological polar surface area (TPSA) is 393 Å². The zero-order valence-electron chi connectivity index (χ0n) is 77.4. The largest absolute Gasteiger partial charge is 0.569 e. The molecule has 5 aromatic carbocycles. The number of piperazine rings is 2. The van der Waals surface area contributed by atoms with Gasteiger partial charge >= 0.3 is 37.3 Å². The number of aromatic amines is 1. The van der Waals surface area contributed by atoms with Gasteiger partial charge in [0.25, 0.3) is 17.4 Å². The number of imide groups is 1. The van der Waals surface area contributed by atoms with Crippen LogP contribution in [0.2, 0.25) is 51.0 Å². The molecule has 134 heavy (non-hydrogen) atoms. The monoisotopic (exact) mass is 2040 g/mol. The third-order valence-corrected chi connectivity index (χ3v) is 22.7. The highest BCUT2D eigenvalue weighted by Gasteiger charge is 2.35.